The first kappa shape index (κ1) is 16.5. The van der Waals surface area contributed by atoms with Gasteiger partial charge in [-0.3, -0.25) is 15.2 Å². The lowest BCUT2D eigenvalue weighted by molar-refractivity contribution is -0.113. The highest BCUT2D eigenvalue weighted by Crippen LogP contribution is 2.27. The van der Waals surface area contributed by atoms with E-state index in [4.69, 9.17) is 4.74 Å². The largest absolute Gasteiger partial charge is 0.496 e. The van der Waals surface area contributed by atoms with Gasteiger partial charge in [-0.15, -0.1) is 28.2 Å². The van der Waals surface area contributed by atoms with E-state index in [1.807, 2.05) is 35.7 Å². The molecule has 0 saturated carbocycles. The molecule has 2 heterocycles. The van der Waals surface area contributed by atoms with Gasteiger partial charge in [-0.1, -0.05) is 18.2 Å². The fraction of sp³-hybridized carbons (Fsp3) is 0.188. The molecular formula is C16H16N4O2S2. The van der Waals surface area contributed by atoms with Crippen LogP contribution in [0.5, 0.6) is 5.75 Å². The second kappa shape index (κ2) is 7.98. The van der Waals surface area contributed by atoms with Crippen molar-refractivity contribution in [3.05, 3.63) is 46.7 Å². The Labute approximate surface area is 147 Å². The van der Waals surface area contributed by atoms with Gasteiger partial charge in [0.2, 0.25) is 11.9 Å². The summed E-state index contributed by atoms with van der Waals surface area (Å²) < 4.78 is 5.30. The molecule has 2 N–H and O–H groups in total. The normalized spacial score (nSPS) is 10.5. The number of aromatic nitrogens is 3. The molecule has 1 aromatic carbocycles. The molecule has 6 nitrogen and oxygen atoms in total. The van der Waals surface area contributed by atoms with E-state index in [2.05, 4.69) is 26.6 Å². The molecule has 1 amide bonds. The number of carbonyl (C=O) groups excluding carboxylic acids is 1. The average Bonchev–Trinajstić information content (AvgIpc) is 3.27. The number of nitrogens with zero attached hydrogens (tertiary/aromatic N) is 2. The number of amides is 1. The Hall–Kier alpha value is -2.32. The van der Waals surface area contributed by atoms with Gasteiger partial charge >= 0.3 is 0 Å². The molecule has 3 rings (SSSR count). The number of hydrogen-bond donors (Lipinski definition) is 2. The second-order valence-electron chi connectivity index (χ2n) is 4.83. The fourth-order valence-corrected chi connectivity index (χ4v) is 3.75. The predicted octanol–water partition coefficient (Wildman–Crippen LogP) is 3.41. The first-order chi connectivity index (χ1) is 11.8. The van der Waals surface area contributed by atoms with Crippen LogP contribution in [0, 0.1) is 0 Å². The summed E-state index contributed by atoms with van der Waals surface area (Å²) in [5.41, 5.74) is 0.792. The second-order valence-corrected chi connectivity index (χ2v) is 6.85. The van der Waals surface area contributed by atoms with Gasteiger partial charge < -0.3 is 4.74 Å². The summed E-state index contributed by atoms with van der Waals surface area (Å²) >= 11 is 3.25. The highest BCUT2D eigenvalue weighted by atomic mass is 32.2. The Balaban J connectivity index is 1.56. The first-order valence-corrected chi connectivity index (χ1v) is 9.25. The number of aromatic amines is 1. The number of anilines is 1. The van der Waals surface area contributed by atoms with Gasteiger partial charge in [0.1, 0.15) is 5.75 Å². The molecule has 0 saturated heterocycles. The molecule has 0 atom stereocenters. The van der Waals surface area contributed by atoms with Gasteiger partial charge in [-0.05, 0) is 23.6 Å². The summed E-state index contributed by atoms with van der Waals surface area (Å²) in [5, 5.41) is 11.6. The Morgan fingerprint density at radius 1 is 1.33 bits per heavy atom. The third kappa shape index (κ3) is 4.15. The number of nitrogens with one attached hydrogen (secondary N) is 2. The van der Waals surface area contributed by atoms with Gasteiger partial charge in [0.15, 0.2) is 5.82 Å². The number of hydrogen-bond acceptors (Lipinski definition) is 6. The predicted molar refractivity (Wildman–Crippen MR) is 97.5 cm³/mol. The lowest BCUT2D eigenvalue weighted by Gasteiger charge is -2.04. The van der Waals surface area contributed by atoms with Crippen LogP contribution in [0.25, 0.3) is 11.4 Å². The maximum Gasteiger partial charge on any atom is 0.249 e. The number of methoxy groups -OCH3 is 1. The monoisotopic (exact) mass is 360 g/mol. The number of H-pyrrole nitrogens is 1. The van der Waals surface area contributed by atoms with Crippen LogP contribution >= 0.6 is 23.1 Å². The van der Waals surface area contributed by atoms with E-state index in [9.17, 15) is 4.79 Å². The van der Waals surface area contributed by atoms with Crippen molar-refractivity contribution in [3.8, 4) is 17.1 Å². The molecule has 0 unspecified atom stereocenters. The minimum atomic E-state index is -0.123. The van der Waals surface area contributed by atoms with Crippen molar-refractivity contribution >= 4 is 35.0 Å². The van der Waals surface area contributed by atoms with Crippen LogP contribution in [0.3, 0.4) is 0 Å². The van der Waals surface area contributed by atoms with Gasteiger partial charge in [0.25, 0.3) is 0 Å². The minimum absolute atomic E-state index is 0.123. The van der Waals surface area contributed by atoms with E-state index in [1.54, 1.807) is 30.2 Å². The SMILES string of the molecule is COc1ccccc1-c1nc(NC(=O)CSCc2cccs2)n[nH]1. The van der Waals surface area contributed by atoms with E-state index in [0.717, 1.165) is 11.3 Å². The standard InChI is InChI=1S/C16H16N4O2S2/c1-22-13-7-3-2-6-12(13)15-18-16(20-19-15)17-14(21)10-23-9-11-5-4-8-24-11/h2-8H,9-10H2,1H3,(H2,17,18,19,20,21). The van der Waals surface area contributed by atoms with Crippen molar-refractivity contribution in [1.29, 1.82) is 0 Å². The zero-order valence-corrected chi connectivity index (χ0v) is 14.6. The third-order valence-corrected chi connectivity index (χ3v) is 5.20. The number of thiophene rings is 1. The van der Waals surface area contributed by atoms with Crippen LogP contribution in [0.15, 0.2) is 41.8 Å². The maximum absolute atomic E-state index is 12.0. The Morgan fingerprint density at radius 3 is 3.00 bits per heavy atom. The molecule has 0 aliphatic carbocycles. The molecule has 8 heteroatoms. The van der Waals surface area contributed by atoms with Crippen LogP contribution in [-0.2, 0) is 10.5 Å². The maximum atomic E-state index is 12.0. The van der Waals surface area contributed by atoms with Crippen molar-refractivity contribution in [2.45, 2.75) is 5.75 Å². The molecule has 3 aromatic rings. The molecule has 0 aliphatic rings. The summed E-state index contributed by atoms with van der Waals surface area (Å²) in [6.45, 7) is 0. The molecule has 124 valence electrons. The van der Waals surface area contributed by atoms with E-state index < -0.39 is 0 Å². The number of ether oxygens (including phenoxy) is 1. The van der Waals surface area contributed by atoms with Crippen molar-refractivity contribution in [2.75, 3.05) is 18.2 Å². The minimum Gasteiger partial charge on any atom is -0.496 e. The topological polar surface area (TPSA) is 79.9 Å². The highest BCUT2D eigenvalue weighted by Gasteiger charge is 2.12. The van der Waals surface area contributed by atoms with Crippen LogP contribution < -0.4 is 10.1 Å². The number of benzene rings is 1. The summed E-state index contributed by atoms with van der Waals surface area (Å²) in [6.07, 6.45) is 0. The van der Waals surface area contributed by atoms with Crippen LogP contribution in [0.2, 0.25) is 0 Å². The number of carbonyl (C=O) groups is 1. The lowest BCUT2D eigenvalue weighted by Crippen LogP contribution is -2.15. The van der Waals surface area contributed by atoms with Crippen LogP contribution in [0.4, 0.5) is 5.95 Å². The molecule has 0 radical (unpaired) electrons. The van der Waals surface area contributed by atoms with E-state index in [0.29, 0.717) is 17.3 Å². The smallest absolute Gasteiger partial charge is 0.249 e. The Morgan fingerprint density at radius 2 is 2.21 bits per heavy atom. The molecule has 0 aliphatic heterocycles. The van der Waals surface area contributed by atoms with Gasteiger partial charge in [0, 0.05) is 10.6 Å². The van der Waals surface area contributed by atoms with Crippen LogP contribution in [0.1, 0.15) is 4.88 Å². The zero-order chi connectivity index (χ0) is 16.8. The highest BCUT2D eigenvalue weighted by molar-refractivity contribution is 7.99. The van der Waals surface area contributed by atoms with E-state index in [1.165, 1.54) is 4.88 Å². The quantitative estimate of drug-likeness (QED) is 0.675. The molecule has 2 aromatic heterocycles. The molecule has 0 fully saturated rings. The lowest BCUT2D eigenvalue weighted by atomic mass is 10.2. The fourth-order valence-electron chi connectivity index (χ4n) is 2.08. The third-order valence-electron chi connectivity index (χ3n) is 3.16. The van der Waals surface area contributed by atoms with Gasteiger partial charge in [0.05, 0.1) is 18.4 Å². The van der Waals surface area contributed by atoms with E-state index in [-0.39, 0.29) is 11.9 Å². The summed E-state index contributed by atoms with van der Waals surface area (Å²) in [4.78, 5) is 17.5. The van der Waals surface area contributed by atoms with Crippen molar-refractivity contribution < 1.29 is 9.53 Å². The summed E-state index contributed by atoms with van der Waals surface area (Å²) in [5.74, 6) is 2.56. The number of para-hydroxylation sites is 1. The first-order valence-electron chi connectivity index (χ1n) is 7.22. The Kier molecular flexibility index (Phi) is 5.50. The summed E-state index contributed by atoms with van der Waals surface area (Å²) in [7, 11) is 1.60. The van der Waals surface area contributed by atoms with Crippen molar-refractivity contribution in [3.63, 3.8) is 0 Å². The van der Waals surface area contributed by atoms with Crippen molar-refractivity contribution in [2.24, 2.45) is 0 Å². The van der Waals surface area contributed by atoms with E-state index >= 15 is 0 Å². The molecular weight excluding hydrogens is 344 g/mol. The van der Waals surface area contributed by atoms with Gasteiger partial charge in [-0.25, -0.2) is 0 Å². The van der Waals surface area contributed by atoms with Crippen molar-refractivity contribution in [1.82, 2.24) is 15.2 Å². The number of rotatable bonds is 7. The molecule has 24 heavy (non-hydrogen) atoms. The zero-order valence-electron chi connectivity index (χ0n) is 13.0. The summed E-state index contributed by atoms with van der Waals surface area (Å²) in [6, 6.07) is 11.6. The average molecular weight is 360 g/mol. The number of thioether (sulfide) groups is 1. The Bertz CT molecular complexity index is 802. The van der Waals surface area contributed by atoms with Gasteiger partial charge in [-0.2, -0.15) is 4.98 Å². The van der Waals surface area contributed by atoms with Crippen LogP contribution in [-0.4, -0.2) is 34.0 Å². The molecule has 0 bridgehead atoms. The molecule has 0 spiro atoms.